The molecule has 0 aliphatic heterocycles. The van der Waals surface area contributed by atoms with Gasteiger partial charge in [-0.1, -0.05) is 145 Å². The lowest BCUT2D eigenvalue weighted by Gasteiger charge is -2.29. The molecule has 0 radical (unpaired) electrons. The minimum absolute atomic E-state index is 0.347. The van der Waals surface area contributed by atoms with Crippen molar-refractivity contribution in [1.82, 2.24) is 0 Å². The van der Waals surface area contributed by atoms with Crippen LogP contribution in [0.3, 0.4) is 0 Å². The van der Waals surface area contributed by atoms with E-state index in [4.69, 9.17) is 16.3 Å². The van der Waals surface area contributed by atoms with Gasteiger partial charge in [-0.15, -0.1) is 0 Å². The number of benzene rings is 4. The van der Waals surface area contributed by atoms with Crippen LogP contribution in [0.15, 0.2) is 126 Å². The Labute approximate surface area is 199 Å². The van der Waals surface area contributed by atoms with Crippen molar-refractivity contribution in [3.05, 3.63) is 121 Å². The second-order valence-corrected chi connectivity index (χ2v) is 16.6. The highest BCUT2D eigenvalue weighted by atomic mass is 32.7. The minimum atomic E-state index is -2.54. The number of hydrogen-bond acceptors (Lipinski definition) is 3. The van der Waals surface area contributed by atoms with Gasteiger partial charge in [0, 0.05) is 21.2 Å². The van der Waals surface area contributed by atoms with Crippen LogP contribution in [0.5, 0.6) is 0 Å². The molecule has 4 aromatic carbocycles. The van der Waals surface area contributed by atoms with Crippen LogP contribution < -0.4 is 21.2 Å². The highest BCUT2D eigenvalue weighted by Gasteiger charge is 2.31. The zero-order valence-electron chi connectivity index (χ0n) is 17.4. The average molecular weight is 489 g/mol. The predicted molar refractivity (Wildman–Crippen MR) is 146 cm³/mol. The fourth-order valence-corrected chi connectivity index (χ4v) is 16.2. The second-order valence-electron chi connectivity index (χ2n) is 7.02. The molecule has 0 heterocycles. The third-order valence-corrected chi connectivity index (χ3v) is 17.0. The summed E-state index contributed by atoms with van der Waals surface area (Å²) in [5, 5.41) is 13.9. The van der Waals surface area contributed by atoms with Gasteiger partial charge in [0.15, 0.2) is 0 Å². The molecule has 0 fully saturated rings. The van der Waals surface area contributed by atoms with Crippen LogP contribution in [0.2, 0.25) is 0 Å². The molecular weight excluding hydrogens is 466 g/mol. The smallest absolute Gasteiger partial charge is 0.112 e. The van der Waals surface area contributed by atoms with E-state index in [2.05, 4.69) is 54.6 Å². The van der Waals surface area contributed by atoms with Crippen LogP contribution in [0, 0.1) is 11.3 Å². The maximum absolute atomic E-state index is 9.54. The average Bonchev–Trinajstić information content (AvgIpc) is 2.88. The Morgan fingerprint density at radius 2 is 0.969 bits per heavy atom. The summed E-state index contributed by atoms with van der Waals surface area (Å²) in [6.07, 6.45) is -4.94. The van der Waals surface area contributed by atoms with Gasteiger partial charge >= 0.3 is 0 Å². The fraction of sp³-hybridized carbons (Fsp3) is 0.0385. The molecule has 32 heavy (non-hydrogen) atoms. The van der Waals surface area contributed by atoms with E-state index in [0.29, 0.717) is 5.75 Å². The maximum Gasteiger partial charge on any atom is 0.112 e. The molecule has 158 valence electrons. The van der Waals surface area contributed by atoms with Crippen molar-refractivity contribution in [3.63, 3.8) is 0 Å². The van der Waals surface area contributed by atoms with E-state index >= 15 is 0 Å². The SMILES string of the molecule is N#CCSP(=NP(=S)(c1ccccc1)c1ccccc1)(c1ccccc1)c1ccccc1. The molecule has 0 N–H and O–H groups in total. The first-order valence-corrected chi connectivity index (χ1v) is 16.3. The molecule has 0 atom stereocenters. The lowest BCUT2D eigenvalue weighted by Crippen LogP contribution is -2.18. The summed E-state index contributed by atoms with van der Waals surface area (Å²) in [5.74, 6) is 0.347. The number of rotatable bonds is 7. The molecule has 4 rings (SSSR count). The molecule has 0 aromatic heterocycles. The van der Waals surface area contributed by atoms with Gasteiger partial charge in [0.1, 0.15) is 6.19 Å². The first-order chi connectivity index (χ1) is 15.7. The third kappa shape index (κ3) is 4.68. The summed E-state index contributed by atoms with van der Waals surface area (Å²) in [4.78, 5) is 0. The van der Waals surface area contributed by atoms with Crippen LogP contribution in [-0.4, -0.2) is 5.75 Å². The molecule has 0 aliphatic carbocycles. The molecule has 0 bridgehead atoms. The molecule has 6 heteroatoms. The molecular formula is C26H22N2P2S2. The standard InChI is InChI=1S/C26H22N2P2S2/c27-21-22-32-30(25-17-9-3-10-18-25,26-19-11-4-12-20-26)28-29(31,23-13-5-1-6-14-23)24-15-7-2-8-16-24/h1-20H,22H2. The van der Waals surface area contributed by atoms with E-state index in [1.54, 1.807) is 11.4 Å². The first kappa shape index (κ1) is 22.8. The quantitative estimate of drug-likeness (QED) is 0.297. The Balaban J connectivity index is 2.12. The predicted octanol–water partition coefficient (Wildman–Crippen LogP) is 6.06. The highest BCUT2D eigenvalue weighted by molar-refractivity contribution is 8.64. The van der Waals surface area contributed by atoms with Crippen molar-refractivity contribution < 1.29 is 0 Å². The van der Waals surface area contributed by atoms with E-state index in [9.17, 15) is 5.26 Å². The highest BCUT2D eigenvalue weighted by Crippen LogP contribution is 2.67. The molecule has 2 nitrogen and oxygen atoms in total. The summed E-state index contributed by atoms with van der Waals surface area (Å²) in [5.41, 5.74) is 0. The summed E-state index contributed by atoms with van der Waals surface area (Å²) < 4.78 is 5.71. The van der Waals surface area contributed by atoms with Crippen LogP contribution in [0.4, 0.5) is 0 Å². The Bertz CT molecular complexity index is 1220. The number of hydrogen-bond donors (Lipinski definition) is 0. The van der Waals surface area contributed by atoms with Gasteiger partial charge in [-0.05, 0) is 0 Å². The Hall–Kier alpha value is -2.40. The van der Waals surface area contributed by atoms with Gasteiger partial charge in [-0.25, -0.2) is 4.52 Å². The van der Waals surface area contributed by atoms with Crippen molar-refractivity contribution >= 4 is 56.9 Å². The van der Waals surface area contributed by atoms with Crippen LogP contribution >= 0.6 is 23.8 Å². The van der Waals surface area contributed by atoms with Crippen LogP contribution in [-0.2, 0) is 11.8 Å². The monoisotopic (exact) mass is 488 g/mol. The Kier molecular flexibility index (Phi) is 7.46. The molecule has 0 saturated carbocycles. The van der Waals surface area contributed by atoms with Crippen molar-refractivity contribution in [2.75, 3.05) is 5.75 Å². The molecule has 0 amide bonds. The van der Waals surface area contributed by atoms with E-state index in [-0.39, 0.29) is 0 Å². The zero-order valence-corrected chi connectivity index (χ0v) is 20.8. The first-order valence-electron chi connectivity index (χ1n) is 10.2. The lowest BCUT2D eigenvalue weighted by atomic mass is 10.4. The topological polar surface area (TPSA) is 36.1 Å². The minimum Gasteiger partial charge on any atom is -0.242 e. The lowest BCUT2D eigenvalue weighted by molar-refractivity contribution is 1.50. The van der Waals surface area contributed by atoms with Gasteiger partial charge in [0.25, 0.3) is 0 Å². The molecule has 0 saturated heterocycles. The zero-order chi connectivity index (χ0) is 22.3. The summed E-state index contributed by atoms with van der Waals surface area (Å²) in [6, 6.07) is 43.6. The largest absolute Gasteiger partial charge is 0.242 e. The normalized spacial score (nSPS) is 11.5. The number of nitrogens with zero attached hydrogens (tertiary/aromatic N) is 2. The van der Waals surface area contributed by atoms with Gasteiger partial charge < -0.3 is 0 Å². The van der Waals surface area contributed by atoms with Crippen molar-refractivity contribution in [1.29, 1.82) is 5.26 Å². The van der Waals surface area contributed by atoms with Crippen LogP contribution in [0.25, 0.3) is 0 Å². The van der Waals surface area contributed by atoms with Gasteiger partial charge in [-0.3, -0.25) is 0 Å². The van der Waals surface area contributed by atoms with Gasteiger partial charge in [0.05, 0.1) is 18.1 Å². The molecule has 4 aromatic rings. The molecule has 0 spiro atoms. The fourth-order valence-electron chi connectivity index (χ4n) is 3.50. The van der Waals surface area contributed by atoms with Gasteiger partial charge in [0.2, 0.25) is 0 Å². The number of nitriles is 1. The summed E-state index contributed by atoms with van der Waals surface area (Å²) in [6.45, 7) is 0. The Morgan fingerprint density at radius 3 is 1.31 bits per heavy atom. The van der Waals surface area contributed by atoms with Crippen molar-refractivity contribution in [2.45, 2.75) is 0 Å². The maximum atomic E-state index is 9.54. The van der Waals surface area contributed by atoms with E-state index in [1.807, 2.05) is 72.8 Å². The van der Waals surface area contributed by atoms with E-state index in [0.717, 1.165) is 21.2 Å². The van der Waals surface area contributed by atoms with Crippen LogP contribution in [0.1, 0.15) is 0 Å². The van der Waals surface area contributed by atoms with Crippen molar-refractivity contribution in [3.8, 4) is 6.07 Å². The molecule has 0 aliphatic rings. The third-order valence-electron chi connectivity index (χ3n) is 4.99. The van der Waals surface area contributed by atoms with Crippen molar-refractivity contribution in [2.24, 2.45) is 4.52 Å². The summed E-state index contributed by atoms with van der Waals surface area (Å²) >= 11 is 8.15. The van der Waals surface area contributed by atoms with E-state index < -0.39 is 12.4 Å². The molecule has 0 unspecified atom stereocenters. The van der Waals surface area contributed by atoms with E-state index in [1.165, 1.54) is 0 Å². The summed E-state index contributed by atoms with van der Waals surface area (Å²) in [7, 11) is 0. The second kappa shape index (κ2) is 10.5. The Morgan fingerprint density at radius 1 is 0.625 bits per heavy atom. The van der Waals surface area contributed by atoms with Gasteiger partial charge in [-0.2, -0.15) is 5.26 Å².